The highest BCUT2D eigenvalue weighted by molar-refractivity contribution is 7.92. The van der Waals surface area contributed by atoms with E-state index in [-0.39, 0.29) is 17.7 Å². The number of rotatable bonds is 6. The SMILES string of the molecule is CCS(=O)(=O)Nc1ccc(NC(=O)Cc2cccc(C(F)(F)F)c2)cc1. The van der Waals surface area contributed by atoms with Gasteiger partial charge in [-0.3, -0.25) is 9.52 Å². The van der Waals surface area contributed by atoms with Crippen molar-refractivity contribution in [2.45, 2.75) is 19.5 Å². The molecule has 140 valence electrons. The van der Waals surface area contributed by atoms with E-state index in [4.69, 9.17) is 0 Å². The zero-order valence-electron chi connectivity index (χ0n) is 13.8. The molecular weight excluding hydrogens is 369 g/mol. The van der Waals surface area contributed by atoms with E-state index in [1.165, 1.54) is 43.3 Å². The van der Waals surface area contributed by atoms with E-state index in [2.05, 4.69) is 10.0 Å². The number of nitrogens with one attached hydrogen (secondary N) is 2. The maximum atomic E-state index is 12.7. The maximum absolute atomic E-state index is 12.7. The Morgan fingerprint density at radius 2 is 1.65 bits per heavy atom. The van der Waals surface area contributed by atoms with Crippen LogP contribution in [0.2, 0.25) is 0 Å². The lowest BCUT2D eigenvalue weighted by Gasteiger charge is -2.10. The topological polar surface area (TPSA) is 75.3 Å². The van der Waals surface area contributed by atoms with E-state index >= 15 is 0 Å². The van der Waals surface area contributed by atoms with Gasteiger partial charge in [-0.05, 0) is 42.8 Å². The first-order chi connectivity index (χ1) is 12.1. The molecule has 0 heterocycles. The molecular formula is C17H17F3N2O3S. The Morgan fingerprint density at radius 1 is 1.04 bits per heavy atom. The van der Waals surface area contributed by atoms with Gasteiger partial charge in [0.1, 0.15) is 0 Å². The molecule has 9 heteroatoms. The normalized spacial score (nSPS) is 11.8. The summed E-state index contributed by atoms with van der Waals surface area (Å²) in [4.78, 5) is 12.0. The van der Waals surface area contributed by atoms with E-state index in [0.29, 0.717) is 11.4 Å². The zero-order chi connectivity index (χ0) is 19.4. The van der Waals surface area contributed by atoms with Gasteiger partial charge in [-0.2, -0.15) is 13.2 Å². The van der Waals surface area contributed by atoms with Gasteiger partial charge >= 0.3 is 6.18 Å². The molecule has 2 aromatic rings. The quantitative estimate of drug-likeness (QED) is 0.796. The molecule has 2 rings (SSSR count). The number of sulfonamides is 1. The van der Waals surface area contributed by atoms with Gasteiger partial charge < -0.3 is 5.32 Å². The number of halogens is 3. The largest absolute Gasteiger partial charge is 0.416 e. The van der Waals surface area contributed by atoms with Gasteiger partial charge in [0.15, 0.2) is 0 Å². The van der Waals surface area contributed by atoms with Crippen LogP contribution in [0.4, 0.5) is 24.5 Å². The number of benzene rings is 2. The van der Waals surface area contributed by atoms with Crippen molar-refractivity contribution < 1.29 is 26.4 Å². The lowest BCUT2D eigenvalue weighted by Crippen LogP contribution is -2.16. The van der Waals surface area contributed by atoms with Crippen molar-refractivity contribution >= 4 is 27.3 Å². The molecule has 2 N–H and O–H groups in total. The minimum absolute atomic E-state index is 0.0670. The molecule has 5 nitrogen and oxygen atoms in total. The second-order valence-corrected chi connectivity index (χ2v) is 7.52. The number of hydrogen-bond acceptors (Lipinski definition) is 3. The Balaban J connectivity index is 2.00. The highest BCUT2D eigenvalue weighted by atomic mass is 32.2. The van der Waals surface area contributed by atoms with Crippen molar-refractivity contribution in [3.63, 3.8) is 0 Å². The van der Waals surface area contributed by atoms with Crippen LogP contribution in [0.25, 0.3) is 0 Å². The van der Waals surface area contributed by atoms with Crippen molar-refractivity contribution in [2.75, 3.05) is 15.8 Å². The second kappa shape index (κ2) is 7.77. The Bertz CT molecular complexity index is 879. The minimum atomic E-state index is -4.46. The van der Waals surface area contributed by atoms with E-state index in [9.17, 15) is 26.4 Å². The molecule has 26 heavy (non-hydrogen) atoms. The summed E-state index contributed by atoms with van der Waals surface area (Å²) >= 11 is 0. The zero-order valence-corrected chi connectivity index (χ0v) is 14.6. The number of alkyl halides is 3. The number of amides is 1. The fourth-order valence-electron chi connectivity index (χ4n) is 2.12. The summed E-state index contributed by atoms with van der Waals surface area (Å²) in [7, 11) is -3.39. The van der Waals surface area contributed by atoms with Crippen molar-refractivity contribution in [3.8, 4) is 0 Å². The molecule has 0 saturated heterocycles. The molecule has 0 aliphatic heterocycles. The Morgan fingerprint density at radius 3 is 2.23 bits per heavy atom. The smallest absolute Gasteiger partial charge is 0.326 e. The third-order valence-corrected chi connectivity index (χ3v) is 4.75. The Kier molecular flexibility index (Phi) is 5.91. The van der Waals surface area contributed by atoms with Gasteiger partial charge in [-0.15, -0.1) is 0 Å². The monoisotopic (exact) mass is 386 g/mol. The van der Waals surface area contributed by atoms with Gasteiger partial charge in [-0.25, -0.2) is 8.42 Å². The van der Waals surface area contributed by atoms with Crippen molar-refractivity contribution in [2.24, 2.45) is 0 Å². The van der Waals surface area contributed by atoms with E-state index in [1.54, 1.807) is 0 Å². The van der Waals surface area contributed by atoms with Crippen molar-refractivity contribution in [1.29, 1.82) is 0 Å². The van der Waals surface area contributed by atoms with Gasteiger partial charge in [0.2, 0.25) is 15.9 Å². The summed E-state index contributed by atoms with van der Waals surface area (Å²) in [6.07, 6.45) is -4.68. The fraction of sp³-hybridized carbons (Fsp3) is 0.235. The maximum Gasteiger partial charge on any atom is 0.416 e. The molecule has 0 aromatic heterocycles. The second-order valence-electron chi connectivity index (χ2n) is 5.51. The fourth-order valence-corrected chi connectivity index (χ4v) is 2.76. The average molecular weight is 386 g/mol. The van der Waals surface area contributed by atoms with Crippen LogP contribution in [0.15, 0.2) is 48.5 Å². The molecule has 1 amide bonds. The predicted octanol–water partition coefficient (Wildman–Crippen LogP) is 3.65. The highest BCUT2D eigenvalue weighted by Crippen LogP contribution is 2.29. The number of carbonyl (C=O) groups excluding carboxylic acids is 1. The predicted molar refractivity (Wildman–Crippen MR) is 93.3 cm³/mol. The van der Waals surface area contributed by atoms with Gasteiger partial charge in [0, 0.05) is 11.4 Å². The number of carbonyl (C=O) groups is 1. The van der Waals surface area contributed by atoms with Gasteiger partial charge in [0.05, 0.1) is 17.7 Å². The molecule has 0 saturated carbocycles. The first kappa shape index (κ1) is 19.8. The van der Waals surface area contributed by atoms with Crippen LogP contribution in [0.3, 0.4) is 0 Å². The van der Waals surface area contributed by atoms with Crippen LogP contribution < -0.4 is 10.0 Å². The molecule has 2 aromatic carbocycles. The first-order valence-corrected chi connectivity index (χ1v) is 9.31. The van der Waals surface area contributed by atoms with Crippen LogP contribution in [0, 0.1) is 0 Å². The van der Waals surface area contributed by atoms with E-state index in [1.807, 2.05) is 0 Å². The minimum Gasteiger partial charge on any atom is -0.326 e. The third-order valence-electron chi connectivity index (χ3n) is 3.44. The van der Waals surface area contributed by atoms with Crippen molar-refractivity contribution in [3.05, 3.63) is 59.7 Å². The van der Waals surface area contributed by atoms with Gasteiger partial charge in [0.25, 0.3) is 0 Å². The average Bonchev–Trinajstić information content (AvgIpc) is 2.56. The lowest BCUT2D eigenvalue weighted by atomic mass is 10.1. The molecule has 0 bridgehead atoms. The summed E-state index contributed by atoms with van der Waals surface area (Å²) in [5, 5.41) is 2.56. The molecule has 0 aliphatic carbocycles. The molecule has 0 aliphatic rings. The molecule has 0 radical (unpaired) electrons. The Labute approximate surface area is 149 Å². The lowest BCUT2D eigenvalue weighted by molar-refractivity contribution is -0.137. The highest BCUT2D eigenvalue weighted by Gasteiger charge is 2.30. The van der Waals surface area contributed by atoms with Crippen LogP contribution in [-0.4, -0.2) is 20.1 Å². The molecule has 0 atom stereocenters. The van der Waals surface area contributed by atoms with Crippen molar-refractivity contribution in [1.82, 2.24) is 0 Å². The summed E-state index contributed by atoms with van der Waals surface area (Å²) in [6, 6.07) is 10.5. The molecule has 0 unspecified atom stereocenters. The summed E-state index contributed by atoms with van der Waals surface area (Å²) in [5.74, 6) is -0.547. The summed E-state index contributed by atoms with van der Waals surface area (Å²) < 4.78 is 63.4. The summed E-state index contributed by atoms with van der Waals surface area (Å²) in [5.41, 5.74) is 0.184. The van der Waals surface area contributed by atoms with Crippen LogP contribution >= 0.6 is 0 Å². The molecule has 0 spiro atoms. The van der Waals surface area contributed by atoms with Crippen LogP contribution in [0.1, 0.15) is 18.1 Å². The van der Waals surface area contributed by atoms with Gasteiger partial charge in [-0.1, -0.05) is 18.2 Å². The van der Waals surface area contributed by atoms with Crippen LogP contribution in [-0.2, 0) is 27.4 Å². The van der Waals surface area contributed by atoms with E-state index < -0.39 is 27.7 Å². The van der Waals surface area contributed by atoms with E-state index in [0.717, 1.165) is 12.1 Å². The third kappa shape index (κ3) is 5.76. The Hall–Kier alpha value is -2.55. The van der Waals surface area contributed by atoms with Crippen LogP contribution in [0.5, 0.6) is 0 Å². The summed E-state index contributed by atoms with van der Waals surface area (Å²) in [6.45, 7) is 1.50. The number of anilines is 2. The number of hydrogen-bond donors (Lipinski definition) is 2. The molecule has 0 fully saturated rings. The first-order valence-electron chi connectivity index (χ1n) is 7.65. The standard InChI is InChI=1S/C17H17F3N2O3S/c1-2-26(24,25)22-15-8-6-14(7-9-15)21-16(23)11-12-4-3-5-13(10-12)17(18,19)20/h3-10,22H,2,11H2,1H3,(H,21,23).